The third kappa shape index (κ3) is 21.1. The van der Waals surface area contributed by atoms with Crippen LogP contribution in [-0.4, -0.2) is 128 Å². The fraction of sp³-hybridized carbons (Fsp3) is 0.509. The van der Waals surface area contributed by atoms with Gasteiger partial charge in [0.15, 0.2) is 12.3 Å². The lowest BCUT2D eigenvalue weighted by Crippen LogP contribution is -2.61. The number of carbonyl (C=O) groups is 6. The van der Waals surface area contributed by atoms with Gasteiger partial charge in [-0.3, -0.25) is 28.8 Å². The first-order chi connectivity index (χ1) is 33.6. The molecule has 3 aromatic rings. The van der Waals surface area contributed by atoms with E-state index >= 15 is 0 Å². The molecule has 4 amide bonds. The van der Waals surface area contributed by atoms with Gasteiger partial charge in [0.25, 0.3) is 5.91 Å². The van der Waals surface area contributed by atoms with E-state index in [4.69, 9.17) is 33.6 Å². The van der Waals surface area contributed by atoms with E-state index in [-0.39, 0.29) is 62.4 Å². The van der Waals surface area contributed by atoms with E-state index in [0.717, 1.165) is 16.7 Å². The van der Waals surface area contributed by atoms with Crippen LogP contribution in [0.25, 0.3) is 0 Å². The molecule has 2 saturated heterocycles. The average molecular weight is 1000 g/mol. The molecule has 5 atom stereocenters. The first kappa shape index (κ1) is 57.6. The Balaban J connectivity index is 0.00000208. The fourth-order valence-corrected chi connectivity index (χ4v) is 8.18. The number of benzene rings is 3. The lowest BCUT2D eigenvalue weighted by Gasteiger charge is -2.41. The number of nitrogens with zero attached hydrogens (tertiary/aromatic N) is 1. The lowest BCUT2D eigenvalue weighted by molar-refractivity contribution is -0.940. The van der Waals surface area contributed by atoms with Gasteiger partial charge in [-0.1, -0.05) is 88.4 Å². The van der Waals surface area contributed by atoms with E-state index in [2.05, 4.69) is 27.2 Å². The zero-order valence-electron chi connectivity index (χ0n) is 41.8. The lowest BCUT2D eigenvalue weighted by atomic mass is 9.93. The SMILES string of the molecule is C#CCCC(=O)Oc1ccc(C[N+]2(CC(=O)N[C@@H](CCc3ccccc3)C(=O)N[C@@H](CC(C)C)C(=O)N[C@@H](Cc3ccccc3)C(=O)N[C@@H](CC(C)C)C(=O)[C@@]3(C)CO3)CCOCC2)cc1.CS(=O)(=O)[O-]. The van der Waals surface area contributed by atoms with Gasteiger partial charge in [0.1, 0.15) is 49.1 Å². The van der Waals surface area contributed by atoms with Crippen molar-refractivity contribution < 1.29 is 60.4 Å². The minimum atomic E-state index is -3.92. The van der Waals surface area contributed by atoms with Crippen LogP contribution < -0.4 is 26.0 Å². The second-order valence-electron chi connectivity index (χ2n) is 19.4. The summed E-state index contributed by atoms with van der Waals surface area (Å²) in [5.74, 6) is 0.338. The number of ether oxygens (including phenoxy) is 3. The Kier molecular flexibility index (Phi) is 22.4. The summed E-state index contributed by atoms with van der Waals surface area (Å²) in [6, 6.07) is 22.2. The van der Waals surface area contributed by atoms with Crippen molar-refractivity contribution in [2.45, 2.75) is 116 Å². The molecular formula is C53H71N5O12S. The van der Waals surface area contributed by atoms with Gasteiger partial charge in [0, 0.05) is 24.7 Å². The van der Waals surface area contributed by atoms with Gasteiger partial charge < -0.3 is 44.5 Å². The van der Waals surface area contributed by atoms with Crippen molar-refractivity contribution in [3.05, 3.63) is 102 Å². The molecule has 0 aliphatic carbocycles. The minimum absolute atomic E-state index is 0.0348. The van der Waals surface area contributed by atoms with E-state index in [1.54, 1.807) is 19.1 Å². The molecule has 0 radical (unpaired) electrons. The quantitative estimate of drug-likeness (QED) is 0.0237. The zero-order chi connectivity index (χ0) is 52.2. The predicted molar refractivity (Wildman–Crippen MR) is 266 cm³/mol. The fourth-order valence-electron chi connectivity index (χ4n) is 8.18. The number of esters is 1. The summed E-state index contributed by atoms with van der Waals surface area (Å²) in [4.78, 5) is 82.8. The number of Topliss-reactive ketones (excluding diaryl/α,β-unsaturated/α-hetero) is 1. The maximum Gasteiger partial charge on any atom is 0.312 e. The Morgan fingerprint density at radius 1 is 0.746 bits per heavy atom. The number of carbonyl (C=O) groups excluding carboxylic acids is 6. The number of morpholine rings is 1. The highest BCUT2D eigenvalue weighted by Crippen LogP contribution is 2.30. The van der Waals surface area contributed by atoms with Crippen molar-refractivity contribution >= 4 is 45.5 Å². The number of epoxide rings is 1. The molecule has 3 aromatic carbocycles. The molecule has 71 heavy (non-hydrogen) atoms. The summed E-state index contributed by atoms with van der Waals surface area (Å²) in [6.07, 6.45) is 7.82. The summed E-state index contributed by atoms with van der Waals surface area (Å²) in [5.41, 5.74) is 1.75. The molecule has 386 valence electrons. The van der Waals surface area contributed by atoms with Gasteiger partial charge in [-0.25, -0.2) is 8.42 Å². The first-order valence-electron chi connectivity index (χ1n) is 24.1. The minimum Gasteiger partial charge on any atom is -0.748 e. The van der Waals surface area contributed by atoms with E-state index in [9.17, 15) is 28.8 Å². The van der Waals surface area contributed by atoms with Crippen LogP contribution in [0.15, 0.2) is 84.9 Å². The Morgan fingerprint density at radius 2 is 1.25 bits per heavy atom. The van der Waals surface area contributed by atoms with E-state index in [0.29, 0.717) is 68.6 Å². The second kappa shape index (κ2) is 27.6. The Morgan fingerprint density at radius 3 is 1.80 bits per heavy atom. The summed E-state index contributed by atoms with van der Waals surface area (Å²) in [6.45, 7) is 12.4. The number of terminal acetylenes is 1. The number of aryl methyl sites for hydroxylation is 1. The molecule has 0 bridgehead atoms. The molecule has 0 spiro atoms. The van der Waals surface area contributed by atoms with Crippen molar-refractivity contribution in [1.29, 1.82) is 0 Å². The third-order valence-corrected chi connectivity index (χ3v) is 12.0. The molecular weight excluding hydrogens is 931 g/mol. The molecule has 17 nitrogen and oxygen atoms in total. The average Bonchev–Trinajstić information content (AvgIpc) is 4.07. The number of nitrogens with one attached hydrogen (secondary N) is 4. The number of rotatable bonds is 25. The number of quaternary nitrogens is 1. The van der Waals surface area contributed by atoms with Gasteiger partial charge in [0.05, 0.1) is 42.4 Å². The third-order valence-electron chi connectivity index (χ3n) is 12.0. The smallest absolute Gasteiger partial charge is 0.312 e. The topological polar surface area (TPSA) is 239 Å². The highest BCUT2D eigenvalue weighted by molar-refractivity contribution is 7.84. The molecule has 18 heteroatoms. The van der Waals surface area contributed by atoms with Crippen LogP contribution in [0.5, 0.6) is 5.75 Å². The molecule has 0 saturated carbocycles. The van der Waals surface area contributed by atoms with Crippen LogP contribution in [0.2, 0.25) is 0 Å². The van der Waals surface area contributed by atoms with Crippen molar-refractivity contribution in [3.8, 4) is 18.1 Å². The van der Waals surface area contributed by atoms with E-state index in [1.807, 2.05) is 100 Å². The molecule has 2 fully saturated rings. The first-order valence-corrected chi connectivity index (χ1v) is 25.9. The van der Waals surface area contributed by atoms with Crippen molar-refractivity contribution in [2.24, 2.45) is 11.8 Å². The van der Waals surface area contributed by atoms with E-state index in [1.165, 1.54) is 0 Å². The molecule has 2 heterocycles. The number of amides is 4. The van der Waals surface area contributed by atoms with Gasteiger partial charge in [-0.2, -0.15) is 0 Å². The van der Waals surface area contributed by atoms with Crippen molar-refractivity contribution in [2.75, 3.05) is 45.7 Å². The van der Waals surface area contributed by atoms with Crippen LogP contribution in [0.4, 0.5) is 0 Å². The Hall–Kier alpha value is -5.97. The number of ketones is 1. The molecule has 2 aliphatic heterocycles. The van der Waals surface area contributed by atoms with Crippen molar-refractivity contribution in [1.82, 2.24) is 21.3 Å². The highest BCUT2D eigenvalue weighted by atomic mass is 32.2. The standard InChI is InChI=1S/C52H67N5O9.CH4O3S/c1-7-8-19-47(59)66-41-23-20-40(21-24-41)33-57(26-28-64-29-27-57)34-46(58)53-42(25-22-38-15-11-9-12-16-38)49(61)55-44(31-37(4)5)50(62)56-45(32-39-17-13-10-14-18-39)51(63)54-43(30-36(2)3)48(60)52(6)35-65-52;1-5(2,3)4/h1,9-18,20-21,23-24,36-37,42-45H,8,19,22,25-35H2,2-6H3,(H3-,53,54,55,56,58,61,62,63);1H3,(H,2,3,4)/t42-,43-,44-,45-,52+;/m0./s1. The summed E-state index contributed by atoms with van der Waals surface area (Å²) >= 11 is 0. The normalized spacial score (nSPS) is 17.7. The monoisotopic (exact) mass is 1000 g/mol. The van der Waals surface area contributed by atoms with Crippen molar-refractivity contribution in [3.63, 3.8) is 0 Å². The van der Waals surface area contributed by atoms with Crippen LogP contribution in [0.1, 0.15) is 83.4 Å². The number of hydrogen-bond acceptors (Lipinski definition) is 12. The molecule has 2 aliphatic rings. The van der Waals surface area contributed by atoms with Crippen LogP contribution in [0.3, 0.4) is 0 Å². The molecule has 0 aromatic heterocycles. The zero-order valence-corrected chi connectivity index (χ0v) is 42.6. The molecule has 4 N–H and O–H groups in total. The summed E-state index contributed by atoms with van der Waals surface area (Å²) < 4.78 is 44.2. The van der Waals surface area contributed by atoms with Gasteiger partial charge >= 0.3 is 5.97 Å². The molecule has 0 unspecified atom stereocenters. The summed E-state index contributed by atoms with van der Waals surface area (Å²) in [7, 11) is -3.92. The van der Waals surface area contributed by atoms with Crippen LogP contribution in [-0.2, 0) is 67.7 Å². The maximum atomic E-state index is 14.5. The highest BCUT2D eigenvalue weighted by Gasteiger charge is 2.50. The van der Waals surface area contributed by atoms with Gasteiger partial charge in [0.2, 0.25) is 17.7 Å². The predicted octanol–water partition coefficient (Wildman–Crippen LogP) is 3.78. The molecule has 5 rings (SSSR count). The number of hydrogen-bond donors (Lipinski definition) is 4. The van der Waals surface area contributed by atoms with E-state index < -0.39 is 63.6 Å². The van der Waals surface area contributed by atoms with Crippen LogP contribution >= 0.6 is 0 Å². The maximum absolute atomic E-state index is 14.5. The van der Waals surface area contributed by atoms with Crippen LogP contribution in [0, 0.1) is 24.2 Å². The second-order valence-corrected chi connectivity index (χ2v) is 20.8. The largest absolute Gasteiger partial charge is 0.748 e. The Labute approximate surface area is 418 Å². The van der Waals surface area contributed by atoms with Gasteiger partial charge in [-0.15, -0.1) is 12.3 Å². The summed E-state index contributed by atoms with van der Waals surface area (Å²) in [5, 5.41) is 11.8. The Bertz CT molecular complexity index is 2370. The van der Waals surface area contributed by atoms with Gasteiger partial charge in [-0.05, 0) is 79.8 Å².